The molecule has 0 aromatic rings. The number of hydrogen-bond donors (Lipinski definition) is 0. The first-order valence-electron chi connectivity index (χ1n) is 10.7. The second kappa shape index (κ2) is 8.37. The molecule has 0 atom stereocenters. The van der Waals surface area contributed by atoms with E-state index in [1.165, 1.54) is 7.11 Å². The van der Waals surface area contributed by atoms with Crippen LogP contribution in [0.25, 0.3) is 0 Å². The highest BCUT2D eigenvalue weighted by Gasteiger charge is 2.58. The topological polar surface area (TPSA) is 63.2 Å². The molecule has 2 heterocycles. The second-order valence-corrected chi connectivity index (χ2v) is 10.1. The molecule has 2 aliphatic heterocycles. The van der Waals surface area contributed by atoms with Crippen LogP contribution in [0.15, 0.2) is 10.9 Å². The minimum absolute atomic E-state index is 0.362. The summed E-state index contributed by atoms with van der Waals surface area (Å²) < 4.78 is 30.2. The lowest BCUT2D eigenvalue weighted by atomic mass is 9.63. The van der Waals surface area contributed by atoms with Gasteiger partial charge in [0.05, 0.1) is 35.0 Å². The molecular formula is C21H38B2O6. The zero-order valence-corrected chi connectivity index (χ0v) is 19.9. The summed E-state index contributed by atoms with van der Waals surface area (Å²) in [6.07, 6.45) is 3.68. The molecule has 0 unspecified atom stereocenters. The van der Waals surface area contributed by atoms with Gasteiger partial charge in [-0.25, -0.2) is 4.79 Å². The van der Waals surface area contributed by atoms with Crippen LogP contribution in [0.5, 0.6) is 0 Å². The molecule has 0 radical (unpaired) electrons. The minimum atomic E-state index is -0.830. The Balaban J connectivity index is 2.52. The fraction of sp³-hybridized carbons (Fsp3) is 0.857. The molecule has 0 bridgehead atoms. The van der Waals surface area contributed by atoms with Crippen molar-refractivity contribution < 1.29 is 28.1 Å². The van der Waals surface area contributed by atoms with Gasteiger partial charge in [-0.2, -0.15) is 0 Å². The van der Waals surface area contributed by atoms with Crippen LogP contribution in [0.1, 0.15) is 88.0 Å². The van der Waals surface area contributed by atoms with Crippen LogP contribution in [0.3, 0.4) is 0 Å². The fourth-order valence-electron chi connectivity index (χ4n) is 3.38. The van der Waals surface area contributed by atoms with Crippen molar-refractivity contribution >= 4 is 20.2 Å². The van der Waals surface area contributed by atoms with Gasteiger partial charge >= 0.3 is 20.2 Å². The maximum absolute atomic E-state index is 12.9. The van der Waals surface area contributed by atoms with Crippen LogP contribution in [0, 0.1) is 0 Å². The molecule has 6 nitrogen and oxygen atoms in total. The largest absolute Gasteiger partial charge is 0.501 e. The van der Waals surface area contributed by atoms with Crippen LogP contribution in [-0.4, -0.2) is 49.7 Å². The monoisotopic (exact) mass is 408 g/mol. The Kier molecular flexibility index (Phi) is 7.06. The minimum Gasteiger partial charge on any atom is -0.466 e. The van der Waals surface area contributed by atoms with Crippen molar-refractivity contribution in [2.75, 3.05) is 7.11 Å². The summed E-state index contributed by atoms with van der Waals surface area (Å²) in [5.41, 5.74) is -1.04. The van der Waals surface area contributed by atoms with Gasteiger partial charge < -0.3 is 23.4 Å². The van der Waals surface area contributed by atoms with E-state index >= 15 is 0 Å². The van der Waals surface area contributed by atoms with Crippen LogP contribution in [-0.2, 0) is 28.1 Å². The number of ether oxygens (including phenoxy) is 1. The summed E-state index contributed by atoms with van der Waals surface area (Å²) in [4.78, 5) is 12.9. The molecule has 8 heteroatoms. The standard InChI is InChI=1S/C21H38B2O6/c1-11-12-13-14-15(22-26-18(2,3)19(4,5)27-22)16(17(24)25-10)23-28-20(6,7)21(8,9)29-23/h11-14H2,1-10H3/b16-15-. The number of carbonyl (C=O) groups is 1. The zero-order chi connectivity index (χ0) is 22.3. The first-order chi connectivity index (χ1) is 13.2. The van der Waals surface area contributed by atoms with Crippen LogP contribution in [0.4, 0.5) is 0 Å². The molecule has 29 heavy (non-hydrogen) atoms. The number of rotatable bonds is 7. The first kappa shape index (κ1) is 24.4. The average molecular weight is 408 g/mol. The van der Waals surface area contributed by atoms with Crippen molar-refractivity contribution in [3.8, 4) is 0 Å². The molecule has 0 aliphatic carbocycles. The highest BCUT2D eigenvalue weighted by molar-refractivity contribution is 6.67. The molecule has 164 valence electrons. The normalized spacial score (nSPS) is 25.2. The molecule has 0 amide bonds. The zero-order valence-electron chi connectivity index (χ0n) is 19.9. The van der Waals surface area contributed by atoms with Crippen molar-refractivity contribution in [2.24, 2.45) is 0 Å². The molecule has 2 saturated heterocycles. The Morgan fingerprint density at radius 1 is 0.759 bits per heavy atom. The van der Waals surface area contributed by atoms with E-state index in [1.807, 2.05) is 55.4 Å². The molecule has 2 aliphatic rings. The summed E-state index contributed by atoms with van der Waals surface area (Å²) in [6.45, 7) is 18.0. The molecular weight excluding hydrogens is 370 g/mol. The fourth-order valence-corrected chi connectivity index (χ4v) is 3.38. The van der Waals surface area contributed by atoms with E-state index in [2.05, 4.69) is 6.92 Å². The van der Waals surface area contributed by atoms with Gasteiger partial charge in [-0.15, -0.1) is 0 Å². The van der Waals surface area contributed by atoms with Crippen molar-refractivity contribution in [3.63, 3.8) is 0 Å². The van der Waals surface area contributed by atoms with Gasteiger partial charge in [0.15, 0.2) is 0 Å². The van der Waals surface area contributed by atoms with Crippen LogP contribution in [0.2, 0.25) is 0 Å². The highest BCUT2D eigenvalue weighted by atomic mass is 16.7. The Labute approximate surface area is 177 Å². The van der Waals surface area contributed by atoms with E-state index < -0.39 is 42.6 Å². The third-order valence-corrected chi connectivity index (χ3v) is 6.83. The van der Waals surface area contributed by atoms with Crippen LogP contribution < -0.4 is 0 Å². The average Bonchev–Trinajstić information content (AvgIpc) is 2.92. The van der Waals surface area contributed by atoms with Gasteiger partial charge in [-0.05, 0) is 67.3 Å². The molecule has 0 saturated carbocycles. The van der Waals surface area contributed by atoms with Gasteiger partial charge in [-0.1, -0.05) is 26.2 Å². The van der Waals surface area contributed by atoms with Gasteiger partial charge in [0.25, 0.3) is 0 Å². The number of carbonyl (C=O) groups excluding carboxylic acids is 1. The van der Waals surface area contributed by atoms with Gasteiger partial charge in [0.2, 0.25) is 0 Å². The summed E-state index contributed by atoms with van der Waals surface area (Å²) in [5.74, 6) is -0.468. The predicted molar refractivity (Wildman–Crippen MR) is 115 cm³/mol. The molecule has 0 aromatic heterocycles. The number of allylic oxidation sites excluding steroid dienone is 1. The highest BCUT2D eigenvalue weighted by Crippen LogP contribution is 2.43. The number of esters is 1. The van der Waals surface area contributed by atoms with Crippen molar-refractivity contribution in [1.82, 2.24) is 0 Å². The van der Waals surface area contributed by atoms with Crippen LogP contribution >= 0.6 is 0 Å². The van der Waals surface area contributed by atoms with Gasteiger partial charge in [-0.3, -0.25) is 0 Å². The maximum atomic E-state index is 12.9. The van der Waals surface area contributed by atoms with Gasteiger partial charge in [0, 0.05) is 0 Å². The van der Waals surface area contributed by atoms with E-state index in [-0.39, 0.29) is 0 Å². The Morgan fingerprint density at radius 2 is 1.17 bits per heavy atom. The molecule has 2 fully saturated rings. The number of hydrogen-bond acceptors (Lipinski definition) is 6. The molecule has 2 rings (SSSR count). The van der Waals surface area contributed by atoms with Crippen molar-refractivity contribution in [1.29, 1.82) is 0 Å². The Hall–Kier alpha value is -0.820. The third-order valence-electron chi connectivity index (χ3n) is 6.83. The lowest BCUT2D eigenvalue weighted by Gasteiger charge is -2.32. The van der Waals surface area contributed by atoms with Crippen molar-refractivity contribution in [2.45, 2.75) is 110 Å². The van der Waals surface area contributed by atoms with Gasteiger partial charge in [0.1, 0.15) is 0 Å². The van der Waals surface area contributed by atoms with E-state index in [0.717, 1.165) is 24.7 Å². The molecule has 0 spiro atoms. The third kappa shape index (κ3) is 4.76. The summed E-state index contributed by atoms with van der Waals surface area (Å²) in [5, 5.41) is 0. The smallest absolute Gasteiger partial charge is 0.466 e. The molecule has 0 aromatic carbocycles. The van der Waals surface area contributed by atoms with E-state index in [4.69, 9.17) is 23.4 Å². The summed E-state index contributed by atoms with van der Waals surface area (Å²) in [6, 6.07) is 0. The Morgan fingerprint density at radius 3 is 1.55 bits per heavy atom. The number of methoxy groups -OCH3 is 1. The Bertz CT molecular complexity index is 622. The van der Waals surface area contributed by atoms with E-state index in [9.17, 15) is 4.79 Å². The van der Waals surface area contributed by atoms with E-state index in [1.54, 1.807) is 0 Å². The maximum Gasteiger partial charge on any atom is 0.501 e. The lowest BCUT2D eigenvalue weighted by Crippen LogP contribution is -2.41. The van der Waals surface area contributed by atoms with E-state index in [0.29, 0.717) is 11.9 Å². The predicted octanol–water partition coefficient (Wildman–Crippen LogP) is 4.30. The SMILES string of the molecule is CCCCC/C(B1OC(C)(C)C(C)(C)O1)=C(/B1OC(C)(C)C(C)(C)O1)C(=O)OC. The van der Waals surface area contributed by atoms with Crippen molar-refractivity contribution in [3.05, 3.63) is 10.9 Å². The molecule has 0 N–H and O–H groups in total. The first-order valence-corrected chi connectivity index (χ1v) is 10.7. The quantitative estimate of drug-likeness (QED) is 0.271. The second-order valence-electron chi connectivity index (χ2n) is 10.1. The lowest BCUT2D eigenvalue weighted by molar-refractivity contribution is -0.135. The number of unbranched alkanes of at least 4 members (excludes halogenated alkanes) is 2. The summed E-state index contributed by atoms with van der Waals surface area (Å²) in [7, 11) is -0.102. The summed E-state index contributed by atoms with van der Waals surface area (Å²) >= 11 is 0.